The van der Waals surface area contributed by atoms with Crippen LogP contribution in [-0.4, -0.2) is 42.3 Å². The van der Waals surface area contributed by atoms with Gasteiger partial charge in [0, 0.05) is 12.6 Å². The lowest BCUT2D eigenvalue weighted by Crippen LogP contribution is -2.40. The number of nitrogens with two attached hydrogens (primary N) is 1. The second-order valence-electron chi connectivity index (χ2n) is 4.19. The number of hydrogen-bond donors (Lipinski definition) is 2. The molecule has 0 saturated carbocycles. The number of likely N-dealkylation sites (tertiary alicyclic amines) is 1. The van der Waals surface area contributed by atoms with Gasteiger partial charge in [0.05, 0.1) is 13.0 Å². The second kappa shape index (κ2) is 5.86. The van der Waals surface area contributed by atoms with E-state index in [1.807, 2.05) is 0 Å². The largest absolute Gasteiger partial charge is 0.339 e. The van der Waals surface area contributed by atoms with E-state index in [0.29, 0.717) is 10.4 Å². The zero-order valence-electron chi connectivity index (χ0n) is 10.8. The summed E-state index contributed by atoms with van der Waals surface area (Å²) < 4.78 is 0. The predicted octanol–water partition coefficient (Wildman–Crippen LogP) is -0.455. The highest BCUT2D eigenvalue weighted by Gasteiger charge is 2.37. The van der Waals surface area contributed by atoms with Gasteiger partial charge in [0.15, 0.2) is 0 Å². The lowest BCUT2D eigenvalue weighted by Gasteiger charge is -2.10. The molecule has 6 nitrogen and oxygen atoms in total. The van der Waals surface area contributed by atoms with Crippen LogP contribution in [0, 0.1) is 11.8 Å². The van der Waals surface area contributed by atoms with Gasteiger partial charge < -0.3 is 11.1 Å². The first kappa shape index (κ1) is 14.2. The van der Waals surface area contributed by atoms with Crippen LogP contribution in [-0.2, 0) is 9.59 Å². The minimum Gasteiger partial charge on any atom is -0.339 e. The quantitative estimate of drug-likeness (QED) is 0.570. The van der Waals surface area contributed by atoms with Gasteiger partial charge in [-0.1, -0.05) is 11.8 Å². The third-order valence-electron chi connectivity index (χ3n) is 2.88. The number of hydrogen-bond acceptors (Lipinski definition) is 5. The van der Waals surface area contributed by atoms with Crippen LogP contribution in [0.3, 0.4) is 0 Å². The van der Waals surface area contributed by atoms with E-state index in [0.717, 1.165) is 4.90 Å². The van der Waals surface area contributed by atoms with E-state index in [2.05, 4.69) is 17.2 Å². The Labute approximate surface area is 119 Å². The van der Waals surface area contributed by atoms with Gasteiger partial charge in [-0.05, 0) is 11.4 Å². The molecule has 2 heterocycles. The number of carbonyl (C=O) groups is 3. The number of carbonyl (C=O) groups excluding carboxylic acids is 3. The molecule has 1 aliphatic rings. The standard InChI is InChI=1S/C13H13N3O3S/c1-16-10(17)7-9(13(16)19)15-12(18)11-8(3-2-5-14)4-6-20-11/h4,6,9H,5,7,14H2,1H3,(H,15,18). The van der Waals surface area contributed by atoms with Crippen molar-refractivity contribution in [1.29, 1.82) is 0 Å². The van der Waals surface area contributed by atoms with Crippen molar-refractivity contribution < 1.29 is 14.4 Å². The Bertz CT molecular complexity index is 626. The maximum atomic E-state index is 12.1. The highest BCUT2D eigenvalue weighted by molar-refractivity contribution is 7.12. The molecular formula is C13H13N3O3S. The third-order valence-corrected chi connectivity index (χ3v) is 3.80. The molecule has 7 heteroatoms. The van der Waals surface area contributed by atoms with E-state index in [1.54, 1.807) is 11.4 Å². The van der Waals surface area contributed by atoms with Crippen molar-refractivity contribution in [3.05, 3.63) is 21.9 Å². The summed E-state index contributed by atoms with van der Waals surface area (Å²) in [6.07, 6.45) is -0.00371. The van der Waals surface area contributed by atoms with Crippen molar-refractivity contribution in [2.24, 2.45) is 5.73 Å². The van der Waals surface area contributed by atoms with Gasteiger partial charge in [-0.25, -0.2) is 0 Å². The van der Waals surface area contributed by atoms with Gasteiger partial charge in [-0.15, -0.1) is 11.3 Å². The molecule has 20 heavy (non-hydrogen) atoms. The zero-order chi connectivity index (χ0) is 14.7. The number of amides is 3. The molecule has 1 aliphatic heterocycles. The molecule has 1 unspecified atom stereocenters. The minimum absolute atomic E-state index is 0.00371. The Hall–Kier alpha value is -2.17. The molecule has 2 rings (SSSR count). The van der Waals surface area contributed by atoms with E-state index in [9.17, 15) is 14.4 Å². The molecule has 1 atom stereocenters. The van der Waals surface area contributed by atoms with Crippen molar-refractivity contribution in [3.63, 3.8) is 0 Å². The predicted molar refractivity (Wildman–Crippen MR) is 73.9 cm³/mol. The molecule has 1 aromatic rings. The van der Waals surface area contributed by atoms with Crippen LogP contribution < -0.4 is 11.1 Å². The normalized spacial score (nSPS) is 17.9. The first-order valence-electron chi connectivity index (χ1n) is 5.92. The first-order chi connectivity index (χ1) is 9.54. The highest BCUT2D eigenvalue weighted by Crippen LogP contribution is 2.17. The molecular weight excluding hydrogens is 278 g/mol. The van der Waals surface area contributed by atoms with Crippen molar-refractivity contribution in [3.8, 4) is 11.8 Å². The molecule has 0 aromatic carbocycles. The Morgan fingerprint density at radius 2 is 2.35 bits per heavy atom. The lowest BCUT2D eigenvalue weighted by molar-refractivity contribution is -0.137. The summed E-state index contributed by atoms with van der Waals surface area (Å²) in [6, 6.07) is 0.924. The maximum absolute atomic E-state index is 12.1. The molecule has 3 N–H and O–H groups in total. The lowest BCUT2D eigenvalue weighted by atomic mass is 10.2. The van der Waals surface area contributed by atoms with E-state index in [1.165, 1.54) is 18.4 Å². The second-order valence-corrected chi connectivity index (χ2v) is 5.11. The van der Waals surface area contributed by atoms with Crippen LogP contribution in [0.25, 0.3) is 0 Å². The Balaban J connectivity index is 2.12. The van der Waals surface area contributed by atoms with Gasteiger partial charge in [0.2, 0.25) is 5.91 Å². The molecule has 1 fully saturated rings. The average Bonchev–Trinajstić information content (AvgIpc) is 2.98. The van der Waals surface area contributed by atoms with Crippen LogP contribution in [0.4, 0.5) is 0 Å². The summed E-state index contributed by atoms with van der Waals surface area (Å²) in [6.45, 7) is 0.206. The summed E-state index contributed by atoms with van der Waals surface area (Å²) in [5.41, 5.74) is 5.87. The minimum atomic E-state index is -0.794. The molecule has 1 aromatic heterocycles. The number of imide groups is 1. The van der Waals surface area contributed by atoms with Crippen LogP contribution in [0.15, 0.2) is 11.4 Å². The molecule has 0 radical (unpaired) electrons. The highest BCUT2D eigenvalue weighted by atomic mass is 32.1. The molecule has 0 aliphatic carbocycles. The molecule has 0 bridgehead atoms. The van der Waals surface area contributed by atoms with E-state index >= 15 is 0 Å². The van der Waals surface area contributed by atoms with Crippen molar-refractivity contribution >= 4 is 29.1 Å². The monoisotopic (exact) mass is 291 g/mol. The van der Waals surface area contributed by atoms with Crippen LogP contribution in [0.1, 0.15) is 21.7 Å². The Kier molecular flexibility index (Phi) is 4.17. The van der Waals surface area contributed by atoms with Crippen LogP contribution in [0.2, 0.25) is 0 Å². The number of nitrogens with one attached hydrogen (secondary N) is 1. The maximum Gasteiger partial charge on any atom is 0.263 e. The van der Waals surface area contributed by atoms with Crippen molar-refractivity contribution in [1.82, 2.24) is 10.2 Å². The average molecular weight is 291 g/mol. The van der Waals surface area contributed by atoms with Gasteiger partial charge in [0.25, 0.3) is 11.8 Å². The number of thiophene rings is 1. The third kappa shape index (κ3) is 2.71. The van der Waals surface area contributed by atoms with Gasteiger partial charge in [0.1, 0.15) is 10.9 Å². The Morgan fingerprint density at radius 3 is 2.95 bits per heavy atom. The fraction of sp³-hybridized carbons (Fsp3) is 0.308. The molecule has 0 spiro atoms. The summed E-state index contributed by atoms with van der Waals surface area (Å²) in [5.74, 6) is 4.39. The zero-order valence-corrected chi connectivity index (χ0v) is 11.6. The van der Waals surface area contributed by atoms with Crippen molar-refractivity contribution in [2.75, 3.05) is 13.6 Å². The van der Waals surface area contributed by atoms with Gasteiger partial charge >= 0.3 is 0 Å². The molecule has 3 amide bonds. The van der Waals surface area contributed by atoms with E-state index in [-0.39, 0.29) is 18.9 Å². The van der Waals surface area contributed by atoms with Gasteiger partial charge in [-0.2, -0.15) is 0 Å². The summed E-state index contributed by atoms with van der Waals surface area (Å²) in [7, 11) is 1.40. The van der Waals surface area contributed by atoms with E-state index in [4.69, 9.17) is 5.73 Å². The van der Waals surface area contributed by atoms with Crippen molar-refractivity contribution in [2.45, 2.75) is 12.5 Å². The first-order valence-corrected chi connectivity index (χ1v) is 6.80. The molecule has 104 valence electrons. The molecule has 1 saturated heterocycles. The SMILES string of the molecule is CN1C(=O)CC(NC(=O)c2sccc2C#CCN)C1=O. The number of rotatable bonds is 2. The smallest absolute Gasteiger partial charge is 0.263 e. The summed E-state index contributed by atoms with van der Waals surface area (Å²) in [4.78, 5) is 36.7. The van der Waals surface area contributed by atoms with Crippen LogP contribution in [0.5, 0.6) is 0 Å². The topological polar surface area (TPSA) is 92.5 Å². The number of nitrogens with zero attached hydrogens (tertiary/aromatic N) is 1. The summed E-state index contributed by atoms with van der Waals surface area (Å²) >= 11 is 1.23. The van der Waals surface area contributed by atoms with E-state index < -0.39 is 17.9 Å². The fourth-order valence-corrected chi connectivity index (χ4v) is 2.57. The fourth-order valence-electron chi connectivity index (χ4n) is 1.82. The van der Waals surface area contributed by atoms with Gasteiger partial charge in [-0.3, -0.25) is 19.3 Å². The number of likely N-dealkylation sites (N-methyl/N-ethyl adjacent to an activating group) is 1. The summed E-state index contributed by atoms with van der Waals surface area (Å²) in [5, 5.41) is 4.31. The van der Waals surface area contributed by atoms with Crippen LogP contribution >= 0.6 is 11.3 Å². The Morgan fingerprint density at radius 1 is 1.60 bits per heavy atom.